The van der Waals surface area contributed by atoms with E-state index in [1.165, 1.54) is 0 Å². The van der Waals surface area contributed by atoms with E-state index in [0.29, 0.717) is 6.42 Å². The molecule has 2 atom stereocenters. The number of rotatable bonds is 8. The molecule has 0 radical (unpaired) electrons. The molecule has 138 valence electrons. The maximum atomic E-state index is 12.3. The molecule has 2 amide bonds. The number of nitrogens with zero attached hydrogens (tertiary/aromatic N) is 1. The molecular formula is C20H26N4O2. The lowest BCUT2D eigenvalue weighted by atomic mass is 10.0. The lowest BCUT2D eigenvalue weighted by molar-refractivity contribution is -0.127. The first-order valence-electron chi connectivity index (χ1n) is 8.75. The number of pyridine rings is 1. The number of benzene rings is 1. The Morgan fingerprint density at radius 3 is 2.38 bits per heavy atom. The second-order valence-electron chi connectivity index (χ2n) is 6.54. The van der Waals surface area contributed by atoms with Gasteiger partial charge in [-0.3, -0.25) is 14.6 Å². The fraction of sp³-hybridized carbons (Fsp3) is 0.350. The van der Waals surface area contributed by atoms with Gasteiger partial charge in [-0.05, 0) is 23.6 Å². The van der Waals surface area contributed by atoms with Crippen molar-refractivity contribution in [2.24, 2.45) is 11.7 Å². The van der Waals surface area contributed by atoms with Crippen LogP contribution < -0.4 is 16.4 Å². The number of hydrogen-bond acceptors (Lipinski definition) is 4. The molecule has 1 aromatic carbocycles. The van der Waals surface area contributed by atoms with Crippen molar-refractivity contribution < 1.29 is 9.59 Å². The summed E-state index contributed by atoms with van der Waals surface area (Å²) in [5, 5.41) is 5.56. The number of nitrogens with two attached hydrogens (primary N) is 1. The molecule has 0 bridgehead atoms. The maximum absolute atomic E-state index is 12.3. The Hall–Kier alpha value is -2.73. The number of carbonyl (C=O) groups is 2. The summed E-state index contributed by atoms with van der Waals surface area (Å²) < 4.78 is 0. The Labute approximate surface area is 154 Å². The van der Waals surface area contributed by atoms with Crippen LogP contribution in [-0.2, 0) is 16.0 Å². The largest absolute Gasteiger partial charge is 0.347 e. The van der Waals surface area contributed by atoms with Gasteiger partial charge in [-0.2, -0.15) is 0 Å². The zero-order chi connectivity index (χ0) is 18.9. The third-order valence-electron chi connectivity index (χ3n) is 4.12. The Kier molecular flexibility index (Phi) is 7.29. The van der Waals surface area contributed by atoms with Crippen LogP contribution in [0, 0.1) is 5.92 Å². The van der Waals surface area contributed by atoms with Crippen LogP contribution in [-0.4, -0.2) is 29.4 Å². The molecule has 0 spiro atoms. The monoisotopic (exact) mass is 354 g/mol. The maximum Gasteiger partial charge on any atom is 0.239 e. The number of hydrogen-bond donors (Lipinski definition) is 3. The van der Waals surface area contributed by atoms with Crippen LogP contribution >= 0.6 is 0 Å². The molecule has 1 heterocycles. The van der Waals surface area contributed by atoms with E-state index in [4.69, 9.17) is 5.73 Å². The van der Waals surface area contributed by atoms with Crippen LogP contribution in [0.3, 0.4) is 0 Å². The quantitative estimate of drug-likeness (QED) is 0.670. The van der Waals surface area contributed by atoms with Gasteiger partial charge in [0.2, 0.25) is 11.8 Å². The minimum absolute atomic E-state index is 0.0132. The number of amides is 2. The Morgan fingerprint density at radius 1 is 1.08 bits per heavy atom. The normalized spacial score (nSPS) is 13.1. The highest BCUT2D eigenvalue weighted by Crippen LogP contribution is 2.17. The molecule has 6 nitrogen and oxygen atoms in total. The van der Waals surface area contributed by atoms with Crippen molar-refractivity contribution >= 4 is 11.8 Å². The van der Waals surface area contributed by atoms with E-state index in [-0.39, 0.29) is 30.3 Å². The van der Waals surface area contributed by atoms with Gasteiger partial charge in [-0.25, -0.2) is 0 Å². The van der Waals surface area contributed by atoms with Gasteiger partial charge in [0.1, 0.15) is 0 Å². The van der Waals surface area contributed by atoms with E-state index >= 15 is 0 Å². The summed E-state index contributed by atoms with van der Waals surface area (Å²) in [6.07, 6.45) is 2.29. The Bertz CT molecular complexity index is 704. The second kappa shape index (κ2) is 9.68. The van der Waals surface area contributed by atoms with Crippen molar-refractivity contribution in [2.75, 3.05) is 6.54 Å². The van der Waals surface area contributed by atoms with E-state index in [1.807, 2.05) is 62.4 Å². The standard InChI is InChI=1S/C20H26N4O2/c1-14(2)19(21)20(26)23-13-18(25)24-17(15-8-4-3-5-9-15)12-16-10-6-7-11-22-16/h3-11,14,17,19H,12-13,21H2,1-2H3,(H,23,26)(H,24,25)/t17?,19-/m1/s1. The van der Waals surface area contributed by atoms with Crippen LogP contribution in [0.5, 0.6) is 0 Å². The van der Waals surface area contributed by atoms with Gasteiger partial charge in [0.15, 0.2) is 0 Å². The van der Waals surface area contributed by atoms with Gasteiger partial charge in [0.05, 0.1) is 18.6 Å². The highest BCUT2D eigenvalue weighted by Gasteiger charge is 2.19. The molecule has 0 aliphatic rings. The summed E-state index contributed by atoms with van der Waals surface area (Å²) in [5.41, 5.74) is 7.65. The van der Waals surface area contributed by atoms with E-state index in [1.54, 1.807) is 6.20 Å². The Morgan fingerprint density at radius 2 is 1.77 bits per heavy atom. The molecular weight excluding hydrogens is 328 g/mol. The minimum Gasteiger partial charge on any atom is -0.347 e. The molecule has 4 N–H and O–H groups in total. The molecule has 26 heavy (non-hydrogen) atoms. The highest BCUT2D eigenvalue weighted by molar-refractivity contribution is 5.87. The first-order chi connectivity index (χ1) is 12.5. The molecule has 0 aliphatic heterocycles. The van der Waals surface area contributed by atoms with E-state index in [2.05, 4.69) is 15.6 Å². The SMILES string of the molecule is CC(C)[C@@H](N)C(=O)NCC(=O)NC(Cc1ccccn1)c1ccccc1. The van der Waals surface area contributed by atoms with Gasteiger partial charge >= 0.3 is 0 Å². The topological polar surface area (TPSA) is 97.1 Å². The van der Waals surface area contributed by atoms with Gasteiger partial charge in [0.25, 0.3) is 0 Å². The third kappa shape index (κ3) is 5.97. The molecule has 2 aromatic rings. The Balaban J connectivity index is 2.00. The van der Waals surface area contributed by atoms with Crippen molar-refractivity contribution in [3.8, 4) is 0 Å². The molecule has 1 unspecified atom stereocenters. The van der Waals surface area contributed by atoms with Gasteiger partial charge < -0.3 is 16.4 Å². The summed E-state index contributed by atoms with van der Waals surface area (Å²) in [5.74, 6) is -0.575. The van der Waals surface area contributed by atoms with Crippen LogP contribution in [0.1, 0.15) is 31.1 Å². The number of aromatic nitrogens is 1. The molecule has 0 fully saturated rings. The van der Waals surface area contributed by atoms with Crippen molar-refractivity contribution in [1.29, 1.82) is 0 Å². The fourth-order valence-corrected chi connectivity index (χ4v) is 2.50. The van der Waals surface area contributed by atoms with Crippen LogP contribution in [0.2, 0.25) is 0 Å². The molecule has 0 saturated carbocycles. The number of nitrogens with one attached hydrogen (secondary N) is 2. The highest BCUT2D eigenvalue weighted by atomic mass is 16.2. The molecule has 2 rings (SSSR count). The summed E-state index contributed by atoms with van der Waals surface area (Å²) in [6, 6.07) is 14.5. The minimum atomic E-state index is -0.624. The zero-order valence-corrected chi connectivity index (χ0v) is 15.2. The lowest BCUT2D eigenvalue weighted by Gasteiger charge is -2.20. The summed E-state index contributed by atoms with van der Waals surface area (Å²) in [4.78, 5) is 28.6. The average molecular weight is 354 g/mol. The molecule has 1 aromatic heterocycles. The van der Waals surface area contributed by atoms with Crippen molar-refractivity contribution in [3.63, 3.8) is 0 Å². The van der Waals surface area contributed by atoms with Crippen LogP contribution in [0.25, 0.3) is 0 Å². The van der Waals surface area contributed by atoms with Gasteiger partial charge in [0, 0.05) is 18.3 Å². The van der Waals surface area contributed by atoms with Crippen molar-refractivity contribution in [2.45, 2.75) is 32.4 Å². The van der Waals surface area contributed by atoms with Crippen molar-refractivity contribution in [3.05, 3.63) is 66.0 Å². The fourth-order valence-electron chi connectivity index (χ4n) is 2.50. The predicted octanol–water partition coefficient (Wildman–Crippen LogP) is 1.58. The van der Waals surface area contributed by atoms with Gasteiger partial charge in [-0.1, -0.05) is 50.2 Å². The molecule has 0 saturated heterocycles. The summed E-state index contributed by atoms with van der Waals surface area (Å²) in [7, 11) is 0. The second-order valence-corrected chi connectivity index (χ2v) is 6.54. The average Bonchev–Trinajstić information content (AvgIpc) is 2.66. The first-order valence-corrected chi connectivity index (χ1v) is 8.75. The summed E-state index contributed by atoms with van der Waals surface area (Å²) in [6.45, 7) is 3.62. The van der Waals surface area contributed by atoms with E-state index < -0.39 is 6.04 Å². The predicted molar refractivity (Wildman–Crippen MR) is 101 cm³/mol. The first kappa shape index (κ1) is 19.6. The van der Waals surface area contributed by atoms with Crippen molar-refractivity contribution in [1.82, 2.24) is 15.6 Å². The van der Waals surface area contributed by atoms with E-state index in [0.717, 1.165) is 11.3 Å². The lowest BCUT2D eigenvalue weighted by Crippen LogP contribution is -2.47. The van der Waals surface area contributed by atoms with E-state index in [9.17, 15) is 9.59 Å². The smallest absolute Gasteiger partial charge is 0.239 e. The molecule has 0 aliphatic carbocycles. The molecule has 6 heteroatoms. The zero-order valence-electron chi connectivity index (χ0n) is 15.2. The van der Waals surface area contributed by atoms with Gasteiger partial charge in [-0.15, -0.1) is 0 Å². The number of carbonyl (C=O) groups excluding carboxylic acids is 2. The van der Waals surface area contributed by atoms with Crippen LogP contribution in [0.15, 0.2) is 54.7 Å². The van der Waals surface area contributed by atoms with Crippen LogP contribution in [0.4, 0.5) is 0 Å². The summed E-state index contributed by atoms with van der Waals surface area (Å²) >= 11 is 0. The third-order valence-corrected chi connectivity index (χ3v) is 4.12.